The van der Waals surface area contributed by atoms with Crippen molar-refractivity contribution in [3.05, 3.63) is 35.9 Å². The summed E-state index contributed by atoms with van der Waals surface area (Å²) in [4.78, 5) is 0. The molecule has 4 heteroatoms. The van der Waals surface area contributed by atoms with Gasteiger partial charge in [0.15, 0.2) is 9.84 Å². The Morgan fingerprint density at radius 3 is 2.47 bits per heavy atom. The molecular weight excluding hydrogens is 258 g/mol. The highest BCUT2D eigenvalue weighted by Gasteiger charge is 2.28. The zero-order valence-electron chi connectivity index (χ0n) is 11.7. The van der Waals surface area contributed by atoms with Gasteiger partial charge in [-0.05, 0) is 30.4 Å². The molecule has 1 heterocycles. The van der Waals surface area contributed by atoms with Crippen molar-refractivity contribution in [3.8, 4) is 0 Å². The van der Waals surface area contributed by atoms with Crippen molar-refractivity contribution in [2.45, 2.75) is 26.3 Å². The SMILES string of the molecule is CC(C)[C@H](NC[C@@H]1CCS(=O)(=O)C1)c1ccccc1. The molecule has 0 bridgehead atoms. The smallest absolute Gasteiger partial charge is 0.150 e. The van der Waals surface area contributed by atoms with Crippen LogP contribution < -0.4 is 5.32 Å². The number of sulfone groups is 1. The summed E-state index contributed by atoms with van der Waals surface area (Å²) in [5.74, 6) is 1.46. The van der Waals surface area contributed by atoms with Crippen molar-refractivity contribution in [3.63, 3.8) is 0 Å². The van der Waals surface area contributed by atoms with E-state index in [9.17, 15) is 8.42 Å². The Labute approximate surface area is 116 Å². The minimum atomic E-state index is -2.77. The highest BCUT2D eigenvalue weighted by Crippen LogP contribution is 2.23. The second kappa shape index (κ2) is 6.06. The lowest BCUT2D eigenvalue weighted by Gasteiger charge is -2.24. The normalized spacial score (nSPS) is 23.6. The second-order valence-electron chi connectivity index (χ2n) is 5.81. The first-order valence-electron chi connectivity index (χ1n) is 6.97. The Hall–Kier alpha value is -0.870. The van der Waals surface area contributed by atoms with Gasteiger partial charge in [0.05, 0.1) is 11.5 Å². The van der Waals surface area contributed by atoms with E-state index < -0.39 is 9.84 Å². The number of hydrogen-bond donors (Lipinski definition) is 1. The molecule has 1 aromatic rings. The monoisotopic (exact) mass is 281 g/mol. The van der Waals surface area contributed by atoms with E-state index >= 15 is 0 Å². The van der Waals surface area contributed by atoms with Crippen molar-refractivity contribution in [2.24, 2.45) is 11.8 Å². The van der Waals surface area contributed by atoms with Crippen LogP contribution in [0.2, 0.25) is 0 Å². The molecule has 1 saturated heterocycles. The average molecular weight is 281 g/mol. The summed E-state index contributed by atoms with van der Waals surface area (Å²) < 4.78 is 22.9. The van der Waals surface area contributed by atoms with E-state index in [0.717, 1.165) is 13.0 Å². The van der Waals surface area contributed by atoms with Crippen LogP contribution in [-0.2, 0) is 9.84 Å². The van der Waals surface area contributed by atoms with Gasteiger partial charge < -0.3 is 5.32 Å². The molecule has 19 heavy (non-hydrogen) atoms. The number of nitrogens with one attached hydrogen (secondary N) is 1. The zero-order chi connectivity index (χ0) is 13.9. The van der Waals surface area contributed by atoms with E-state index in [1.165, 1.54) is 5.56 Å². The lowest BCUT2D eigenvalue weighted by atomic mass is 9.95. The van der Waals surface area contributed by atoms with Crippen LogP contribution in [0.25, 0.3) is 0 Å². The molecule has 0 saturated carbocycles. The van der Waals surface area contributed by atoms with E-state index in [2.05, 4.69) is 31.3 Å². The molecular formula is C15H23NO2S. The van der Waals surface area contributed by atoms with E-state index in [4.69, 9.17) is 0 Å². The van der Waals surface area contributed by atoms with Crippen LogP contribution in [-0.4, -0.2) is 26.5 Å². The minimum absolute atomic E-state index is 0.273. The molecule has 0 aliphatic carbocycles. The van der Waals surface area contributed by atoms with Crippen molar-refractivity contribution >= 4 is 9.84 Å². The molecule has 1 aromatic carbocycles. The molecule has 2 atom stereocenters. The number of benzene rings is 1. The van der Waals surface area contributed by atoms with Gasteiger partial charge in [-0.15, -0.1) is 0 Å². The van der Waals surface area contributed by atoms with E-state index in [1.807, 2.05) is 18.2 Å². The summed E-state index contributed by atoms with van der Waals surface area (Å²) in [5, 5.41) is 3.55. The molecule has 1 fully saturated rings. The van der Waals surface area contributed by atoms with Gasteiger partial charge in [0.2, 0.25) is 0 Å². The van der Waals surface area contributed by atoms with E-state index in [0.29, 0.717) is 23.5 Å². The third-order valence-electron chi connectivity index (χ3n) is 3.78. The van der Waals surface area contributed by atoms with Crippen molar-refractivity contribution in [1.29, 1.82) is 0 Å². The number of rotatable bonds is 5. The second-order valence-corrected chi connectivity index (χ2v) is 8.04. The van der Waals surface area contributed by atoms with Crippen LogP contribution in [0.5, 0.6) is 0 Å². The fraction of sp³-hybridized carbons (Fsp3) is 0.600. The molecule has 0 radical (unpaired) electrons. The first kappa shape index (κ1) is 14.5. The molecule has 0 unspecified atom stereocenters. The predicted octanol–water partition coefficient (Wildman–Crippen LogP) is 2.41. The molecule has 2 rings (SSSR count). The summed E-state index contributed by atoms with van der Waals surface area (Å²) in [5.41, 5.74) is 1.28. The van der Waals surface area contributed by atoms with Gasteiger partial charge in [0.25, 0.3) is 0 Å². The van der Waals surface area contributed by atoms with Crippen LogP contribution in [0.1, 0.15) is 31.9 Å². The molecule has 0 amide bonds. The Morgan fingerprint density at radius 2 is 1.95 bits per heavy atom. The molecule has 1 N–H and O–H groups in total. The minimum Gasteiger partial charge on any atom is -0.309 e. The molecule has 0 spiro atoms. The highest BCUT2D eigenvalue weighted by molar-refractivity contribution is 7.91. The Morgan fingerprint density at radius 1 is 1.26 bits per heavy atom. The summed E-state index contributed by atoms with van der Waals surface area (Å²) >= 11 is 0. The number of hydrogen-bond acceptors (Lipinski definition) is 3. The third kappa shape index (κ3) is 4.05. The summed E-state index contributed by atoms with van der Waals surface area (Å²) in [6.07, 6.45) is 0.801. The van der Waals surface area contributed by atoms with Gasteiger partial charge in [0.1, 0.15) is 0 Å². The van der Waals surface area contributed by atoms with Crippen LogP contribution in [0.4, 0.5) is 0 Å². The van der Waals surface area contributed by atoms with Crippen molar-refractivity contribution in [1.82, 2.24) is 5.32 Å². The first-order chi connectivity index (χ1) is 8.98. The molecule has 3 nitrogen and oxygen atoms in total. The first-order valence-corrected chi connectivity index (χ1v) is 8.79. The molecule has 0 aromatic heterocycles. The maximum absolute atomic E-state index is 11.5. The Bertz CT molecular complexity index is 496. The standard InChI is InChI=1S/C15H23NO2S/c1-12(2)15(14-6-4-3-5-7-14)16-10-13-8-9-19(17,18)11-13/h3-7,12-13,15-16H,8-11H2,1-2H3/t13-,15-/m0/s1. The van der Waals surface area contributed by atoms with Gasteiger partial charge in [-0.3, -0.25) is 0 Å². The Kier molecular flexibility index (Phi) is 4.63. The molecule has 1 aliphatic heterocycles. The van der Waals surface area contributed by atoms with Crippen LogP contribution in [0, 0.1) is 11.8 Å². The highest BCUT2D eigenvalue weighted by atomic mass is 32.2. The van der Waals surface area contributed by atoms with E-state index in [-0.39, 0.29) is 5.92 Å². The quantitative estimate of drug-likeness (QED) is 0.901. The molecule has 106 valence electrons. The fourth-order valence-corrected chi connectivity index (χ4v) is 4.59. The summed E-state index contributed by atoms with van der Waals surface area (Å²) in [6, 6.07) is 10.7. The van der Waals surface area contributed by atoms with Crippen LogP contribution in [0.3, 0.4) is 0 Å². The fourth-order valence-electron chi connectivity index (χ4n) is 2.73. The lowest BCUT2D eigenvalue weighted by molar-refractivity contribution is 0.381. The third-order valence-corrected chi connectivity index (χ3v) is 5.62. The van der Waals surface area contributed by atoms with Crippen LogP contribution >= 0.6 is 0 Å². The lowest BCUT2D eigenvalue weighted by Crippen LogP contribution is -2.31. The topological polar surface area (TPSA) is 46.2 Å². The Balaban J connectivity index is 1.96. The van der Waals surface area contributed by atoms with Gasteiger partial charge >= 0.3 is 0 Å². The molecule has 1 aliphatic rings. The largest absolute Gasteiger partial charge is 0.309 e. The van der Waals surface area contributed by atoms with Gasteiger partial charge in [-0.2, -0.15) is 0 Å². The van der Waals surface area contributed by atoms with Gasteiger partial charge in [-0.1, -0.05) is 44.2 Å². The van der Waals surface area contributed by atoms with Crippen LogP contribution in [0.15, 0.2) is 30.3 Å². The van der Waals surface area contributed by atoms with E-state index in [1.54, 1.807) is 0 Å². The van der Waals surface area contributed by atoms with Gasteiger partial charge in [0, 0.05) is 6.04 Å². The van der Waals surface area contributed by atoms with Crippen molar-refractivity contribution in [2.75, 3.05) is 18.1 Å². The van der Waals surface area contributed by atoms with Crippen molar-refractivity contribution < 1.29 is 8.42 Å². The average Bonchev–Trinajstić information content (AvgIpc) is 2.70. The summed E-state index contributed by atoms with van der Waals surface area (Å²) in [7, 11) is -2.77. The zero-order valence-corrected chi connectivity index (χ0v) is 12.5. The predicted molar refractivity (Wildman–Crippen MR) is 78.8 cm³/mol. The van der Waals surface area contributed by atoms with Gasteiger partial charge in [-0.25, -0.2) is 8.42 Å². The maximum Gasteiger partial charge on any atom is 0.150 e. The summed E-state index contributed by atoms with van der Waals surface area (Å²) in [6.45, 7) is 5.17. The maximum atomic E-state index is 11.5.